The molecule has 0 N–H and O–H groups in total. The van der Waals surface area contributed by atoms with Crippen LogP contribution in [-0.2, 0) is 9.53 Å². The normalized spacial score (nSPS) is 42.9. The zero-order chi connectivity index (χ0) is 12.7. The predicted octanol–water partition coefficient (Wildman–Crippen LogP) is 3.65. The summed E-state index contributed by atoms with van der Waals surface area (Å²) in [5.74, 6) is 4.65. The van der Waals surface area contributed by atoms with Gasteiger partial charge in [0.25, 0.3) is 0 Å². The zero-order valence-corrected chi connectivity index (χ0v) is 11.7. The molecule has 0 saturated heterocycles. The minimum atomic E-state index is 0.0592. The smallest absolute Gasteiger partial charge is 0.308 e. The third-order valence-corrected chi connectivity index (χ3v) is 6.10. The largest absolute Gasteiger partial charge is 0.469 e. The fraction of sp³-hybridized carbons (Fsp3) is 0.938. The third-order valence-electron chi connectivity index (χ3n) is 6.10. The Labute approximate surface area is 110 Å². The van der Waals surface area contributed by atoms with Crippen molar-refractivity contribution in [2.75, 3.05) is 7.11 Å². The lowest BCUT2D eigenvalue weighted by Crippen LogP contribution is -2.34. The van der Waals surface area contributed by atoms with E-state index in [0.29, 0.717) is 5.92 Å². The van der Waals surface area contributed by atoms with Crippen LogP contribution >= 0.6 is 0 Å². The average Bonchev–Trinajstić information content (AvgIpc) is 3.05. The Kier molecular flexibility index (Phi) is 3.38. The topological polar surface area (TPSA) is 26.3 Å². The molecular formula is C16H26O2. The van der Waals surface area contributed by atoms with Gasteiger partial charge in [-0.1, -0.05) is 19.8 Å². The lowest BCUT2D eigenvalue weighted by atomic mass is 9.70. The first-order valence-corrected chi connectivity index (χ1v) is 7.84. The first-order valence-electron chi connectivity index (χ1n) is 7.84. The molecule has 3 fully saturated rings. The molecule has 0 spiro atoms. The summed E-state index contributed by atoms with van der Waals surface area (Å²) < 4.78 is 5.06. The molecule has 3 aliphatic carbocycles. The van der Waals surface area contributed by atoms with E-state index in [9.17, 15) is 4.79 Å². The van der Waals surface area contributed by atoms with Gasteiger partial charge in [0.1, 0.15) is 0 Å². The van der Waals surface area contributed by atoms with Crippen molar-refractivity contribution in [3.63, 3.8) is 0 Å². The molecule has 3 saturated carbocycles. The van der Waals surface area contributed by atoms with Gasteiger partial charge < -0.3 is 4.74 Å². The number of methoxy groups -OCH3 is 1. The van der Waals surface area contributed by atoms with Gasteiger partial charge in [-0.2, -0.15) is 0 Å². The van der Waals surface area contributed by atoms with E-state index in [1.54, 1.807) is 7.11 Å². The standard InChI is InChI=1S/C16H26O2/c1-3-5-13(16(17)18-2)15-9-10-8-14(15)12-7-4-6-11(10)12/h10-15H,3-9H2,1-2H3. The summed E-state index contributed by atoms with van der Waals surface area (Å²) in [4.78, 5) is 12.0. The predicted molar refractivity (Wildman–Crippen MR) is 70.9 cm³/mol. The fourth-order valence-electron chi connectivity index (χ4n) is 5.55. The maximum Gasteiger partial charge on any atom is 0.308 e. The van der Waals surface area contributed by atoms with E-state index in [-0.39, 0.29) is 11.9 Å². The molecule has 3 rings (SSSR count). The van der Waals surface area contributed by atoms with Crippen LogP contribution in [0.2, 0.25) is 0 Å². The molecular weight excluding hydrogens is 224 g/mol. The van der Waals surface area contributed by atoms with E-state index < -0.39 is 0 Å². The maximum absolute atomic E-state index is 12.0. The van der Waals surface area contributed by atoms with Crippen LogP contribution in [0.15, 0.2) is 0 Å². The lowest BCUT2D eigenvalue weighted by Gasteiger charge is -2.35. The number of hydrogen-bond donors (Lipinski definition) is 0. The van der Waals surface area contributed by atoms with Gasteiger partial charge in [0.05, 0.1) is 13.0 Å². The van der Waals surface area contributed by atoms with Crippen LogP contribution in [0.1, 0.15) is 51.9 Å². The Balaban J connectivity index is 1.74. The maximum atomic E-state index is 12.0. The van der Waals surface area contributed by atoms with Crippen LogP contribution in [0.25, 0.3) is 0 Å². The highest BCUT2D eigenvalue weighted by molar-refractivity contribution is 5.72. The molecule has 0 heterocycles. The monoisotopic (exact) mass is 250 g/mol. The van der Waals surface area contributed by atoms with Crippen molar-refractivity contribution in [2.45, 2.75) is 51.9 Å². The minimum Gasteiger partial charge on any atom is -0.469 e. The van der Waals surface area contributed by atoms with Crippen molar-refractivity contribution < 1.29 is 9.53 Å². The summed E-state index contributed by atoms with van der Waals surface area (Å²) in [6.45, 7) is 2.18. The highest BCUT2D eigenvalue weighted by Gasteiger charge is 2.56. The number of carbonyl (C=O) groups is 1. The molecule has 2 heteroatoms. The van der Waals surface area contributed by atoms with Gasteiger partial charge in [-0.15, -0.1) is 0 Å². The molecule has 0 aromatic heterocycles. The molecule has 0 amide bonds. The highest BCUT2D eigenvalue weighted by atomic mass is 16.5. The quantitative estimate of drug-likeness (QED) is 0.712. The van der Waals surface area contributed by atoms with Crippen molar-refractivity contribution in [3.8, 4) is 0 Å². The summed E-state index contributed by atoms with van der Waals surface area (Å²) >= 11 is 0. The second-order valence-corrected chi connectivity index (χ2v) is 6.74. The molecule has 6 unspecified atom stereocenters. The Morgan fingerprint density at radius 3 is 2.72 bits per heavy atom. The molecule has 0 radical (unpaired) electrons. The van der Waals surface area contributed by atoms with Crippen molar-refractivity contribution in [1.82, 2.24) is 0 Å². The molecule has 18 heavy (non-hydrogen) atoms. The first kappa shape index (κ1) is 12.5. The average molecular weight is 250 g/mol. The summed E-state index contributed by atoms with van der Waals surface area (Å²) in [6, 6.07) is 0. The molecule has 102 valence electrons. The lowest BCUT2D eigenvalue weighted by molar-refractivity contribution is -0.149. The van der Waals surface area contributed by atoms with Gasteiger partial charge in [-0.25, -0.2) is 0 Å². The molecule has 6 atom stereocenters. The molecule has 3 aliphatic rings. The van der Waals surface area contributed by atoms with Gasteiger partial charge in [-0.3, -0.25) is 4.79 Å². The van der Waals surface area contributed by atoms with E-state index >= 15 is 0 Å². The number of ether oxygens (including phenoxy) is 1. The Morgan fingerprint density at radius 1 is 1.22 bits per heavy atom. The van der Waals surface area contributed by atoms with Gasteiger partial charge >= 0.3 is 5.97 Å². The van der Waals surface area contributed by atoms with Gasteiger partial charge in [-0.05, 0) is 61.7 Å². The fourth-order valence-corrected chi connectivity index (χ4v) is 5.55. The highest BCUT2D eigenvalue weighted by Crippen LogP contribution is 2.62. The van der Waals surface area contributed by atoms with E-state index in [0.717, 1.165) is 36.5 Å². The van der Waals surface area contributed by atoms with Crippen molar-refractivity contribution in [3.05, 3.63) is 0 Å². The molecule has 2 nitrogen and oxygen atoms in total. The van der Waals surface area contributed by atoms with Gasteiger partial charge in [0.2, 0.25) is 0 Å². The van der Waals surface area contributed by atoms with Gasteiger partial charge in [0, 0.05) is 0 Å². The van der Waals surface area contributed by atoms with E-state index in [1.807, 2.05) is 0 Å². The van der Waals surface area contributed by atoms with E-state index in [1.165, 1.54) is 32.1 Å². The van der Waals surface area contributed by atoms with Crippen LogP contribution in [0.4, 0.5) is 0 Å². The zero-order valence-electron chi connectivity index (χ0n) is 11.7. The molecule has 2 bridgehead atoms. The van der Waals surface area contributed by atoms with Gasteiger partial charge in [0.15, 0.2) is 0 Å². The summed E-state index contributed by atoms with van der Waals surface area (Å²) in [5, 5.41) is 0. The second kappa shape index (κ2) is 4.86. The van der Waals surface area contributed by atoms with Crippen LogP contribution < -0.4 is 0 Å². The van der Waals surface area contributed by atoms with Crippen LogP contribution in [0.5, 0.6) is 0 Å². The number of fused-ring (bicyclic) bond motifs is 5. The third kappa shape index (κ3) is 1.80. The Bertz CT molecular complexity index is 325. The number of rotatable bonds is 4. The Hall–Kier alpha value is -0.530. The first-order chi connectivity index (χ1) is 8.76. The van der Waals surface area contributed by atoms with E-state index in [2.05, 4.69) is 6.92 Å². The SMILES string of the molecule is CCCC(C(=O)OC)C1CC2CC1C1CCCC21. The van der Waals surface area contributed by atoms with Crippen molar-refractivity contribution in [2.24, 2.45) is 35.5 Å². The number of carbonyl (C=O) groups excluding carboxylic acids is 1. The van der Waals surface area contributed by atoms with Crippen molar-refractivity contribution in [1.29, 1.82) is 0 Å². The van der Waals surface area contributed by atoms with Crippen molar-refractivity contribution >= 4 is 5.97 Å². The summed E-state index contributed by atoms with van der Waals surface area (Å²) in [5.41, 5.74) is 0. The molecule has 0 aromatic rings. The van der Waals surface area contributed by atoms with Crippen LogP contribution in [-0.4, -0.2) is 13.1 Å². The van der Waals surface area contributed by atoms with Crippen LogP contribution in [0.3, 0.4) is 0 Å². The van der Waals surface area contributed by atoms with Crippen LogP contribution in [0, 0.1) is 35.5 Å². The molecule has 0 aliphatic heterocycles. The second-order valence-electron chi connectivity index (χ2n) is 6.74. The molecule has 0 aromatic carbocycles. The number of esters is 1. The Morgan fingerprint density at radius 2 is 2.00 bits per heavy atom. The minimum absolute atomic E-state index is 0.0592. The van der Waals surface area contributed by atoms with E-state index in [4.69, 9.17) is 4.74 Å². The summed E-state index contributed by atoms with van der Waals surface area (Å²) in [7, 11) is 1.55. The summed E-state index contributed by atoms with van der Waals surface area (Å²) in [6.07, 6.45) is 9.19. The number of hydrogen-bond acceptors (Lipinski definition) is 2.